The molecule has 0 bridgehead atoms. The van der Waals surface area contributed by atoms with Gasteiger partial charge in [0.2, 0.25) is 9.84 Å². The van der Waals surface area contributed by atoms with Crippen LogP contribution in [-0.2, 0) is 14.6 Å². The lowest BCUT2D eigenvalue weighted by atomic mass is 9.84. The van der Waals surface area contributed by atoms with Crippen molar-refractivity contribution in [1.29, 1.82) is 0 Å². The van der Waals surface area contributed by atoms with Crippen molar-refractivity contribution in [3.05, 3.63) is 131 Å². The molecule has 0 fully saturated rings. The van der Waals surface area contributed by atoms with Crippen LogP contribution in [0, 0.1) is 17.5 Å². The van der Waals surface area contributed by atoms with Crippen LogP contribution < -0.4 is 0 Å². The first kappa shape index (κ1) is 20.8. The van der Waals surface area contributed by atoms with Crippen molar-refractivity contribution >= 4 is 9.84 Å². The third-order valence-corrected chi connectivity index (χ3v) is 7.37. The van der Waals surface area contributed by atoms with Crippen LogP contribution in [0.4, 0.5) is 13.2 Å². The van der Waals surface area contributed by atoms with Crippen LogP contribution in [0.2, 0.25) is 0 Å². The summed E-state index contributed by atoms with van der Waals surface area (Å²) in [4.78, 5) is 4.04. The number of hydrogen-bond donors (Lipinski definition) is 0. The van der Waals surface area contributed by atoms with Gasteiger partial charge < -0.3 is 0 Å². The summed E-state index contributed by atoms with van der Waals surface area (Å²) in [6.07, 6.45) is 1.34. The second-order valence-corrected chi connectivity index (χ2v) is 8.91. The lowest BCUT2D eigenvalue weighted by Gasteiger charge is -2.35. The molecule has 0 saturated carbocycles. The maximum absolute atomic E-state index is 14.2. The van der Waals surface area contributed by atoms with E-state index in [0.29, 0.717) is 0 Å². The summed E-state index contributed by atoms with van der Waals surface area (Å²) in [5.41, 5.74) is 0.619. The predicted molar refractivity (Wildman–Crippen MR) is 111 cm³/mol. The van der Waals surface area contributed by atoms with Crippen molar-refractivity contribution in [2.24, 2.45) is 0 Å². The Kier molecular flexibility index (Phi) is 5.37. The van der Waals surface area contributed by atoms with Gasteiger partial charge in [-0.1, -0.05) is 42.5 Å². The molecule has 0 atom stereocenters. The van der Waals surface area contributed by atoms with E-state index in [-0.39, 0.29) is 21.7 Å². The molecule has 7 heteroatoms. The molecule has 0 amide bonds. The standard InChI is InChI=1S/C24H16F3NO2S/c25-20-10-4-17(5-11-20)24(18-6-12-21(26)13-7-18,19-8-14-22(27)15-9-19)31(29,30)23-3-1-2-16-28-23/h1-16H. The first-order valence-electron chi connectivity index (χ1n) is 9.29. The maximum Gasteiger partial charge on any atom is 0.213 e. The number of sulfone groups is 1. The Hall–Kier alpha value is -3.45. The molecule has 4 aromatic rings. The van der Waals surface area contributed by atoms with Crippen molar-refractivity contribution in [3.63, 3.8) is 0 Å². The number of hydrogen-bond acceptors (Lipinski definition) is 3. The Bertz CT molecular complexity index is 1180. The minimum Gasteiger partial charge on any atom is -0.245 e. The Morgan fingerprint density at radius 3 is 1.29 bits per heavy atom. The van der Waals surface area contributed by atoms with Gasteiger partial charge in [-0.3, -0.25) is 0 Å². The summed E-state index contributed by atoms with van der Waals surface area (Å²) < 4.78 is 67.6. The minimum absolute atomic E-state index is 0.206. The monoisotopic (exact) mass is 439 g/mol. The molecule has 1 heterocycles. The molecule has 156 valence electrons. The second-order valence-electron chi connectivity index (χ2n) is 6.87. The molecule has 1 aromatic heterocycles. The van der Waals surface area contributed by atoms with Crippen molar-refractivity contribution in [2.75, 3.05) is 0 Å². The van der Waals surface area contributed by atoms with E-state index >= 15 is 0 Å². The molecular weight excluding hydrogens is 423 g/mol. The molecule has 0 N–H and O–H groups in total. The van der Waals surface area contributed by atoms with Gasteiger partial charge in [0.1, 0.15) is 17.5 Å². The molecule has 0 aliphatic rings. The van der Waals surface area contributed by atoms with E-state index in [1.54, 1.807) is 6.07 Å². The summed E-state index contributed by atoms with van der Waals surface area (Å²) >= 11 is 0. The third-order valence-electron chi connectivity index (χ3n) is 5.07. The SMILES string of the molecule is O=S(=O)(c1ccccn1)C(c1ccc(F)cc1)(c1ccc(F)cc1)c1ccc(F)cc1. The molecule has 4 rings (SSSR count). The maximum atomic E-state index is 14.2. The highest BCUT2D eigenvalue weighted by atomic mass is 32.2. The van der Waals surface area contributed by atoms with Crippen LogP contribution in [0.1, 0.15) is 16.7 Å². The van der Waals surface area contributed by atoms with Crippen LogP contribution in [0.15, 0.2) is 102 Å². The number of benzene rings is 3. The zero-order chi connectivity index (χ0) is 22.1. The third kappa shape index (κ3) is 3.51. The molecule has 0 spiro atoms. The molecule has 0 radical (unpaired) electrons. The molecule has 3 aromatic carbocycles. The Labute approximate surface area is 177 Å². The van der Waals surface area contributed by atoms with E-state index < -0.39 is 32.0 Å². The first-order chi connectivity index (χ1) is 14.9. The van der Waals surface area contributed by atoms with E-state index in [2.05, 4.69) is 4.98 Å². The number of aromatic nitrogens is 1. The van der Waals surface area contributed by atoms with Crippen molar-refractivity contribution in [2.45, 2.75) is 9.77 Å². The number of nitrogens with zero attached hydrogens (tertiary/aromatic N) is 1. The van der Waals surface area contributed by atoms with Gasteiger partial charge in [0.05, 0.1) is 0 Å². The zero-order valence-electron chi connectivity index (χ0n) is 16.0. The average Bonchev–Trinajstić information content (AvgIpc) is 2.78. The smallest absolute Gasteiger partial charge is 0.213 e. The van der Waals surface area contributed by atoms with Gasteiger partial charge in [-0.15, -0.1) is 0 Å². The van der Waals surface area contributed by atoms with Crippen molar-refractivity contribution in [3.8, 4) is 0 Å². The van der Waals surface area contributed by atoms with E-state index in [4.69, 9.17) is 0 Å². The highest BCUT2D eigenvalue weighted by Crippen LogP contribution is 2.46. The Morgan fingerprint density at radius 1 is 0.581 bits per heavy atom. The van der Waals surface area contributed by atoms with Gasteiger partial charge in [0, 0.05) is 6.20 Å². The highest BCUT2D eigenvalue weighted by Gasteiger charge is 2.50. The average molecular weight is 439 g/mol. The van der Waals surface area contributed by atoms with Crippen LogP contribution in [-0.4, -0.2) is 13.4 Å². The number of pyridine rings is 1. The largest absolute Gasteiger partial charge is 0.245 e. The van der Waals surface area contributed by atoms with E-state index in [1.165, 1.54) is 54.7 Å². The van der Waals surface area contributed by atoms with E-state index in [9.17, 15) is 21.6 Å². The molecule has 31 heavy (non-hydrogen) atoms. The van der Waals surface area contributed by atoms with E-state index in [0.717, 1.165) is 36.4 Å². The Balaban J connectivity index is 2.17. The van der Waals surface area contributed by atoms with Crippen LogP contribution in [0.25, 0.3) is 0 Å². The van der Waals surface area contributed by atoms with E-state index in [1.807, 2.05) is 0 Å². The summed E-state index contributed by atoms with van der Waals surface area (Å²) in [7, 11) is -4.34. The zero-order valence-corrected chi connectivity index (χ0v) is 16.9. The Morgan fingerprint density at radius 2 is 0.968 bits per heavy atom. The predicted octanol–water partition coefficient (Wildman–Crippen LogP) is 5.26. The fraction of sp³-hybridized carbons (Fsp3) is 0.0417. The van der Waals surface area contributed by atoms with Gasteiger partial charge in [0.15, 0.2) is 9.77 Å². The van der Waals surface area contributed by atoms with Gasteiger partial charge in [-0.05, 0) is 65.2 Å². The van der Waals surface area contributed by atoms with Crippen LogP contribution in [0.5, 0.6) is 0 Å². The minimum atomic E-state index is -4.34. The highest BCUT2D eigenvalue weighted by molar-refractivity contribution is 7.92. The summed E-state index contributed by atoms with van der Waals surface area (Å²) in [5.74, 6) is -1.65. The summed E-state index contributed by atoms with van der Waals surface area (Å²) in [5, 5.41) is -0.229. The molecule has 0 unspecified atom stereocenters. The quantitative estimate of drug-likeness (QED) is 0.398. The lowest BCUT2D eigenvalue weighted by molar-refractivity contribution is 0.565. The lowest BCUT2D eigenvalue weighted by Crippen LogP contribution is -2.39. The molecule has 3 nitrogen and oxygen atoms in total. The number of rotatable bonds is 5. The molecule has 0 aliphatic carbocycles. The first-order valence-corrected chi connectivity index (χ1v) is 10.8. The molecule has 0 saturated heterocycles. The van der Waals surface area contributed by atoms with Gasteiger partial charge in [-0.2, -0.15) is 0 Å². The molecular formula is C24H16F3NO2S. The van der Waals surface area contributed by atoms with Gasteiger partial charge >= 0.3 is 0 Å². The fourth-order valence-electron chi connectivity index (χ4n) is 3.68. The van der Waals surface area contributed by atoms with Gasteiger partial charge in [0.25, 0.3) is 0 Å². The second kappa shape index (κ2) is 8.00. The van der Waals surface area contributed by atoms with Crippen molar-refractivity contribution in [1.82, 2.24) is 4.98 Å². The fourth-order valence-corrected chi connectivity index (χ4v) is 5.79. The summed E-state index contributed by atoms with van der Waals surface area (Å²) in [6.45, 7) is 0. The number of halogens is 3. The van der Waals surface area contributed by atoms with Crippen LogP contribution >= 0.6 is 0 Å². The van der Waals surface area contributed by atoms with Crippen LogP contribution in [0.3, 0.4) is 0 Å². The normalized spacial score (nSPS) is 12.0. The van der Waals surface area contributed by atoms with Gasteiger partial charge in [-0.25, -0.2) is 26.6 Å². The topological polar surface area (TPSA) is 47.0 Å². The summed E-state index contributed by atoms with van der Waals surface area (Å²) in [6, 6.07) is 19.4. The van der Waals surface area contributed by atoms with Crippen molar-refractivity contribution < 1.29 is 21.6 Å². The molecule has 0 aliphatic heterocycles.